The Bertz CT molecular complexity index is 717. The molecular weight excluding hydrogens is 304 g/mol. The van der Waals surface area contributed by atoms with E-state index in [1.807, 2.05) is 18.2 Å². The highest BCUT2D eigenvalue weighted by Gasteiger charge is 2.20. The number of carbonyl (C=O) groups excluding carboxylic acids is 1. The largest absolute Gasteiger partial charge is 0.355 e. The number of carbonyl (C=O) groups is 1. The first-order valence-electron chi connectivity index (χ1n) is 7.92. The van der Waals surface area contributed by atoms with Crippen LogP contribution in [0.4, 0.5) is 11.6 Å². The van der Waals surface area contributed by atoms with Crippen molar-refractivity contribution in [1.29, 1.82) is 5.26 Å². The molecule has 2 aromatic heterocycles. The normalized spacial score (nSPS) is 14.9. The Hall–Kier alpha value is -3.01. The van der Waals surface area contributed by atoms with E-state index in [9.17, 15) is 4.79 Å². The van der Waals surface area contributed by atoms with Gasteiger partial charge >= 0.3 is 0 Å². The molecule has 1 saturated heterocycles. The molecule has 0 saturated carbocycles. The van der Waals surface area contributed by atoms with Gasteiger partial charge in [0.2, 0.25) is 5.91 Å². The molecule has 0 atom stereocenters. The first-order valence-corrected chi connectivity index (χ1v) is 7.92. The lowest BCUT2D eigenvalue weighted by Gasteiger charge is -2.29. The molecule has 1 fully saturated rings. The van der Waals surface area contributed by atoms with E-state index in [4.69, 9.17) is 5.26 Å². The number of nitrogens with zero attached hydrogens (tertiary/aromatic N) is 5. The van der Waals surface area contributed by atoms with Gasteiger partial charge < -0.3 is 10.2 Å². The van der Waals surface area contributed by atoms with Crippen LogP contribution in [0.3, 0.4) is 0 Å². The summed E-state index contributed by atoms with van der Waals surface area (Å²) in [4.78, 5) is 18.2. The van der Waals surface area contributed by atoms with E-state index in [1.165, 1.54) is 0 Å². The molecule has 3 heterocycles. The maximum absolute atomic E-state index is 12.0. The molecular formula is C17H18N6O. The SMILES string of the molecule is N#CC1CCN(c2ccc(NC(=O)Cc3ccccn3)nn2)CC1. The Kier molecular flexibility index (Phi) is 4.96. The van der Waals surface area contributed by atoms with Crippen molar-refractivity contribution in [2.75, 3.05) is 23.3 Å². The van der Waals surface area contributed by atoms with Crippen LogP contribution in [0.25, 0.3) is 0 Å². The van der Waals surface area contributed by atoms with Gasteiger partial charge in [-0.25, -0.2) is 0 Å². The highest BCUT2D eigenvalue weighted by molar-refractivity contribution is 5.91. The summed E-state index contributed by atoms with van der Waals surface area (Å²) >= 11 is 0. The minimum atomic E-state index is -0.175. The van der Waals surface area contributed by atoms with Gasteiger partial charge in [0.1, 0.15) is 0 Å². The predicted octanol–water partition coefficient (Wildman–Crippen LogP) is 1.79. The number of anilines is 2. The fraction of sp³-hybridized carbons (Fsp3) is 0.353. The second-order valence-electron chi connectivity index (χ2n) is 5.71. The number of piperidine rings is 1. The van der Waals surface area contributed by atoms with E-state index in [-0.39, 0.29) is 18.2 Å². The summed E-state index contributed by atoms with van der Waals surface area (Å²) in [5.74, 6) is 1.16. The van der Waals surface area contributed by atoms with E-state index in [2.05, 4.69) is 31.5 Å². The minimum absolute atomic E-state index is 0.138. The topological polar surface area (TPSA) is 94.8 Å². The Balaban J connectivity index is 1.55. The highest BCUT2D eigenvalue weighted by Crippen LogP contribution is 2.21. The average molecular weight is 322 g/mol. The summed E-state index contributed by atoms with van der Waals surface area (Å²) in [6, 6.07) is 11.4. The molecule has 24 heavy (non-hydrogen) atoms. The number of amides is 1. The molecule has 1 N–H and O–H groups in total. The second kappa shape index (κ2) is 7.51. The molecule has 0 radical (unpaired) electrons. The molecule has 1 amide bonds. The van der Waals surface area contributed by atoms with Gasteiger partial charge in [0, 0.05) is 30.9 Å². The third-order valence-corrected chi connectivity index (χ3v) is 3.99. The lowest BCUT2D eigenvalue weighted by atomic mass is 9.99. The van der Waals surface area contributed by atoms with Crippen LogP contribution >= 0.6 is 0 Å². The zero-order valence-corrected chi connectivity index (χ0v) is 13.2. The fourth-order valence-corrected chi connectivity index (χ4v) is 2.65. The Morgan fingerprint density at radius 1 is 1.25 bits per heavy atom. The maximum atomic E-state index is 12.0. The molecule has 7 heteroatoms. The van der Waals surface area contributed by atoms with Gasteiger partial charge in [0.05, 0.1) is 12.5 Å². The number of hydrogen-bond donors (Lipinski definition) is 1. The third kappa shape index (κ3) is 4.04. The van der Waals surface area contributed by atoms with E-state index in [1.54, 1.807) is 18.3 Å². The molecule has 2 aromatic rings. The van der Waals surface area contributed by atoms with Crippen LogP contribution in [0.2, 0.25) is 0 Å². The van der Waals surface area contributed by atoms with E-state index >= 15 is 0 Å². The zero-order valence-electron chi connectivity index (χ0n) is 13.2. The van der Waals surface area contributed by atoms with Crippen LogP contribution in [0, 0.1) is 17.2 Å². The van der Waals surface area contributed by atoms with Crippen molar-refractivity contribution >= 4 is 17.5 Å². The van der Waals surface area contributed by atoms with Crippen LogP contribution in [0.5, 0.6) is 0 Å². The standard InChI is InChI=1S/C17H18N6O/c18-12-13-6-9-23(10-7-13)16-5-4-15(21-22-16)20-17(24)11-14-3-1-2-8-19-14/h1-5,8,13H,6-7,9-11H2,(H,20,21,24). The summed E-state index contributed by atoms with van der Waals surface area (Å²) in [7, 11) is 0. The van der Waals surface area contributed by atoms with Crippen LogP contribution in [0.15, 0.2) is 36.5 Å². The number of pyridine rings is 1. The Labute approximate surface area is 140 Å². The molecule has 1 aliphatic heterocycles. The minimum Gasteiger partial charge on any atom is -0.355 e. The fourth-order valence-electron chi connectivity index (χ4n) is 2.65. The van der Waals surface area contributed by atoms with Gasteiger partial charge in [-0.15, -0.1) is 10.2 Å². The van der Waals surface area contributed by atoms with E-state index in [0.29, 0.717) is 11.5 Å². The van der Waals surface area contributed by atoms with Crippen LogP contribution < -0.4 is 10.2 Å². The van der Waals surface area contributed by atoms with Crippen molar-refractivity contribution in [1.82, 2.24) is 15.2 Å². The maximum Gasteiger partial charge on any atom is 0.231 e. The Morgan fingerprint density at radius 2 is 2.08 bits per heavy atom. The lowest BCUT2D eigenvalue weighted by molar-refractivity contribution is -0.115. The van der Waals surface area contributed by atoms with Crippen molar-refractivity contribution in [2.45, 2.75) is 19.3 Å². The number of hydrogen-bond acceptors (Lipinski definition) is 6. The molecule has 7 nitrogen and oxygen atoms in total. The smallest absolute Gasteiger partial charge is 0.231 e. The van der Waals surface area contributed by atoms with Gasteiger partial charge in [0.25, 0.3) is 0 Å². The highest BCUT2D eigenvalue weighted by atomic mass is 16.1. The van der Waals surface area contributed by atoms with Gasteiger partial charge in [-0.2, -0.15) is 5.26 Å². The molecule has 0 bridgehead atoms. The summed E-state index contributed by atoms with van der Waals surface area (Å²) < 4.78 is 0. The average Bonchev–Trinajstić information content (AvgIpc) is 2.63. The van der Waals surface area contributed by atoms with E-state index < -0.39 is 0 Å². The van der Waals surface area contributed by atoms with Crippen LogP contribution in [-0.4, -0.2) is 34.2 Å². The molecule has 3 rings (SSSR count). The number of nitriles is 1. The number of nitrogens with one attached hydrogen (secondary N) is 1. The molecule has 122 valence electrons. The quantitative estimate of drug-likeness (QED) is 0.922. The summed E-state index contributed by atoms with van der Waals surface area (Å²) in [6.45, 7) is 1.61. The molecule has 0 unspecified atom stereocenters. The second-order valence-corrected chi connectivity index (χ2v) is 5.71. The van der Waals surface area contributed by atoms with E-state index in [0.717, 1.165) is 31.7 Å². The first kappa shape index (κ1) is 15.9. The van der Waals surface area contributed by atoms with Crippen molar-refractivity contribution in [3.8, 4) is 6.07 Å². The first-order chi connectivity index (χ1) is 11.7. The molecule has 0 aromatic carbocycles. The summed E-state index contributed by atoms with van der Waals surface area (Å²) in [5.41, 5.74) is 0.708. The van der Waals surface area contributed by atoms with Gasteiger partial charge in [-0.3, -0.25) is 9.78 Å². The zero-order chi connectivity index (χ0) is 16.8. The summed E-state index contributed by atoms with van der Waals surface area (Å²) in [6.07, 6.45) is 3.56. The molecule has 0 aliphatic carbocycles. The Morgan fingerprint density at radius 3 is 2.71 bits per heavy atom. The number of rotatable bonds is 4. The van der Waals surface area contributed by atoms with Gasteiger partial charge in [-0.05, 0) is 37.1 Å². The van der Waals surface area contributed by atoms with Crippen molar-refractivity contribution in [2.24, 2.45) is 5.92 Å². The summed E-state index contributed by atoms with van der Waals surface area (Å²) in [5, 5.41) is 19.9. The number of aromatic nitrogens is 3. The lowest BCUT2D eigenvalue weighted by Crippen LogP contribution is -2.34. The predicted molar refractivity (Wildman–Crippen MR) is 89.2 cm³/mol. The monoisotopic (exact) mass is 322 g/mol. The molecule has 1 aliphatic rings. The molecule has 0 spiro atoms. The van der Waals surface area contributed by atoms with Crippen molar-refractivity contribution in [3.63, 3.8) is 0 Å². The van der Waals surface area contributed by atoms with Crippen LogP contribution in [0.1, 0.15) is 18.5 Å². The van der Waals surface area contributed by atoms with Crippen molar-refractivity contribution in [3.05, 3.63) is 42.2 Å². The van der Waals surface area contributed by atoms with Crippen molar-refractivity contribution < 1.29 is 4.79 Å². The third-order valence-electron chi connectivity index (χ3n) is 3.99. The van der Waals surface area contributed by atoms with Gasteiger partial charge in [0.15, 0.2) is 11.6 Å². The van der Waals surface area contributed by atoms with Gasteiger partial charge in [-0.1, -0.05) is 6.07 Å². The van der Waals surface area contributed by atoms with Crippen LogP contribution in [-0.2, 0) is 11.2 Å².